The van der Waals surface area contributed by atoms with Crippen LogP contribution >= 0.6 is 0 Å². The minimum Gasteiger partial charge on any atom is -0.494 e. The molecule has 0 saturated carbocycles. The molecule has 28 heavy (non-hydrogen) atoms. The first-order chi connectivity index (χ1) is 13.7. The molecule has 3 aromatic rings. The summed E-state index contributed by atoms with van der Waals surface area (Å²) in [6, 6.07) is 25.2. The Labute approximate surface area is 164 Å². The van der Waals surface area contributed by atoms with Crippen LogP contribution in [0.2, 0.25) is 0 Å². The quantitative estimate of drug-likeness (QED) is 0.442. The van der Waals surface area contributed by atoms with E-state index in [9.17, 15) is 9.59 Å². The Morgan fingerprint density at radius 2 is 1.32 bits per heavy atom. The number of amides is 2. The van der Waals surface area contributed by atoms with E-state index in [2.05, 4.69) is 18.2 Å². The third-order valence-corrected chi connectivity index (χ3v) is 4.86. The minimum atomic E-state index is -0.197. The van der Waals surface area contributed by atoms with E-state index in [-0.39, 0.29) is 11.8 Å². The normalized spacial score (nSPS) is 12.9. The summed E-state index contributed by atoms with van der Waals surface area (Å²) < 4.78 is 5.86. The van der Waals surface area contributed by atoms with E-state index in [0.717, 1.165) is 23.3 Å². The highest BCUT2D eigenvalue weighted by molar-refractivity contribution is 6.21. The van der Waals surface area contributed by atoms with Crippen LogP contribution in [0.3, 0.4) is 0 Å². The molecule has 0 bridgehead atoms. The zero-order valence-electron chi connectivity index (χ0n) is 15.5. The molecule has 0 radical (unpaired) electrons. The molecule has 1 heterocycles. The summed E-state index contributed by atoms with van der Waals surface area (Å²) >= 11 is 0. The van der Waals surface area contributed by atoms with E-state index in [1.54, 1.807) is 24.3 Å². The fourth-order valence-electron chi connectivity index (χ4n) is 3.40. The Hall–Kier alpha value is -3.40. The number of ether oxygens (including phenoxy) is 1. The van der Waals surface area contributed by atoms with Crippen molar-refractivity contribution in [3.8, 4) is 16.9 Å². The second-order valence-corrected chi connectivity index (χ2v) is 6.76. The summed E-state index contributed by atoms with van der Waals surface area (Å²) in [5.74, 6) is 0.427. The van der Waals surface area contributed by atoms with E-state index in [1.165, 1.54) is 4.90 Å². The lowest BCUT2D eigenvalue weighted by atomic mass is 10.1. The summed E-state index contributed by atoms with van der Waals surface area (Å²) in [6.45, 7) is 0.959. The van der Waals surface area contributed by atoms with Crippen molar-refractivity contribution in [2.24, 2.45) is 0 Å². The van der Waals surface area contributed by atoms with Crippen molar-refractivity contribution in [2.75, 3.05) is 13.2 Å². The number of carbonyl (C=O) groups excluding carboxylic acids is 2. The third kappa shape index (κ3) is 3.67. The van der Waals surface area contributed by atoms with Crippen molar-refractivity contribution in [3.63, 3.8) is 0 Å². The van der Waals surface area contributed by atoms with Crippen molar-refractivity contribution in [3.05, 3.63) is 90.0 Å². The third-order valence-electron chi connectivity index (χ3n) is 4.86. The molecule has 4 nitrogen and oxygen atoms in total. The molecule has 0 N–H and O–H groups in total. The molecule has 1 aliphatic heterocycles. The Bertz CT molecular complexity index is 962. The van der Waals surface area contributed by atoms with Crippen LogP contribution < -0.4 is 4.74 Å². The average molecular weight is 371 g/mol. The number of unbranched alkanes of at least 4 members (excludes halogenated alkanes) is 1. The topological polar surface area (TPSA) is 46.6 Å². The summed E-state index contributed by atoms with van der Waals surface area (Å²) in [4.78, 5) is 26.0. The summed E-state index contributed by atoms with van der Waals surface area (Å²) in [7, 11) is 0. The number of benzene rings is 3. The maximum absolute atomic E-state index is 12.3. The standard InChI is InChI=1S/C24H21NO3/c26-23-21-13-4-5-14-22(21)24(27)25(23)15-6-7-16-28-20-12-8-11-19(17-20)18-9-2-1-3-10-18/h1-5,8-14,17H,6-7,15-16H2. The molecule has 0 fully saturated rings. The molecule has 0 unspecified atom stereocenters. The molecule has 0 saturated heterocycles. The predicted molar refractivity (Wildman–Crippen MR) is 108 cm³/mol. The van der Waals surface area contributed by atoms with Crippen LogP contribution in [0.4, 0.5) is 0 Å². The van der Waals surface area contributed by atoms with Gasteiger partial charge in [0, 0.05) is 6.54 Å². The SMILES string of the molecule is O=C1c2ccccc2C(=O)N1CCCCOc1cccc(-c2ccccc2)c1. The van der Waals surface area contributed by atoms with Gasteiger partial charge in [0.2, 0.25) is 0 Å². The largest absolute Gasteiger partial charge is 0.494 e. The molecule has 3 aromatic carbocycles. The van der Waals surface area contributed by atoms with Crippen molar-refractivity contribution in [1.82, 2.24) is 4.90 Å². The van der Waals surface area contributed by atoms with Gasteiger partial charge < -0.3 is 4.74 Å². The van der Waals surface area contributed by atoms with E-state index in [0.29, 0.717) is 30.7 Å². The fraction of sp³-hybridized carbons (Fsp3) is 0.167. The van der Waals surface area contributed by atoms with Crippen LogP contribution in [-0.2, 0) is 0 Å². The smallest absolute Gasteiger partial charge is 0.261 e. The molecule has 4 rings (SSSR count). The zero-order valence-corrected chi connectivity index (χ0v) is 15.5. The first-order valence-corrected chi connectivity index (χ1v) is 9.47. The minimum absolute atomic E-state index is 0.197. The first kappa shape index (κ1) is 18.0. The van der Waals surface area contributed by atoms with Crippen LogP contribution in [0, 0.1) is 0 Å². The van der Waals surface area contributed by atoms with Crippen molar-refractivity contribution >= 4 is 11.8 Å². The Morgan fingerprint density at radius 3 is 2.04 bits per heavy atom. The number of hydrogen-bond acceptors (Lipinski definition) is 3. The Balaban J connectivity index is 1.27. The molecule has 1 aliphatic rings. The lowest BCUT2D eigenvalue weighted by molar-refractivity contribution is 0.0649. The van der Waals surface area contributed by atoms with Gasteiger partial charge in [-0.2, -0.15) is 0 Å². The summed E-state index contributed by atoms with van der Waals surface area (Å²) in [5, 5.41) is 0. The van der Waals surface area contributed by atoms with Gasteiger partial charge in [0.1, 0.15) is 5.75 Å². The molecule has 2 amide bonds. The van der Waals surface area contributed by atoms with Gasteiger partial charge in [-0.3, -0.25) is 14.5 Å². The maximum Gasteiger partial charge on any atom is 0.261 e. The van der Waals surface area contributed by atoms with Crippen LogP contribution in [0.5, 0.6) is 5.75 Å². The first-order valence-electron chi connectivity index (χ1n) is 9.47. The molecule has 0 aromatic heterocycles. The van der Waals surface area contributed by atoms with Gasteiger partial charge in [0.25, 0.3) is 11.8 Å². The highest BCUT2D eigenvalue weighted by Gasteiger charge is 2.34. The van der Waals surface area contributed by atoms with Crippen LogP contribution in [-0.4, -0.2) is 29.9 Å². The van der Waals surface area contributed by atoms with Crippen LogP contribution in [0.25, 0.3) is 11.1 Å². The number of rotatable bonds is 7. The molecular formula is C24H21NO3. The fourth-order valence-corrected chi connectivity index (χ4v) is 3.40. The van der Waals surface area contributed by atoms with Gasteiger partial charge in [-0.15, -0.1) is 0 Å². The second-order valence-electron chi connectivity index (χ2n) is 6.76. The highest BCUT2D eigenvalue weighted by atomic mass is 16.5. The monoisotopic (exact) mass is 371 g/mol. The number of nitrogens with zero attached hydrogens (tertiary/aromatic N) is 1. The van der Waals surface area contributed by atoms with Crippen molar-refractivity contribution < 1.29 is 14.3 Å². The molecule has 0 aliphatic carbocycles. The van der Waals surface area contributed by atoms with E-state index < -0.39 is 0 Å². The molecule has 0 atom stereocenters. The summed E-state index contributed by atoms with van der Waals surface area (Å²) in [5.41, 5.74) is 3.27. The molecule has 0 spiro atoms. The Kier molecular flexibility index (Phi) is 5.20. The average Bonchev–Trinajstić information content (AvgIpc) is 2.99. The van der Waals surface area contributed by atoms with Gasteiger partial charge in [-0.1, -0.05) is 54.6 Å². The second kappa shape index (κ2) is 8.09. The Morgan fingerprint density at radius 1 is 0.679 bits per heavy atom. The molecule has 4 heteroatoms. The van der Waals surface area contributed by atoms with Crippen LogP contribution in [0.1, 0.15) is 33.6 Å². The van der Waals surface area contributed by atoms with E-state index in [4.69, 9.17) is 4.74 Å². The van der Waals surface area contributed by atoms with E-state index in [1.807, 2.05) is 36.4 Å². The van der Waals surface area contributed by atoms with Crippen LogP contribution in [0.15, 0.2) is 78.9 Å². The lowest BCUT2D eigenvalue weighted by Crippen LogP contribution is -2.30. The van der Waals surface area contributed by atoms with Gasteiger partial charge in [0.05, 0.1) is 17.7 Å². The number of imide groups is 1. The van der Waals surface area contributed by atoms with Gasteiger partial charge in [-0.25, -0.2) is 0 Å². The number of hydrogen-bond donors (Lipinski definition) is 0. The van der Waals surface area contributed by atoms with E-state index >= 15 is 0 Å². The zero-order chi connectivity index (χ0) is 19.3. The molecule has 140 valence electrons. The lowest BCUT2D eigenvalue weighted by Gasteiger charge is -2.14. The van der Waals surface area contributed by atoms with Gasteiger partial charge in [0.15, 0.2) is 0 Å². The predicted octanol–water partition coefficient (Wildman–Crippen LogP) is 4.81. The highest BCUT2D eigenvalue weighted by Crippen LogP contribution is 2.24. The van der Waals surface area contributed by atoms with Gasteiger partial charge in [-0.05, 0) is 48.2 Å². The maximum atomic E-state index is 12.3. The van der Waals surface area contributed by atoms with Gasteiger partial charge >= 0.3 is 0 Å². The molecular weight excluding hydrogens is 350 g/mol. The van der Waals surface area contributed by atoms with Crippen molar-refractivity contribution in [1.29, 1.82) is 0 Å². The number of carbonyl (C=O) groups is 2. The van der Waals surface area contributed by atoms with Crippen molar-refractivity contribution in [2.45, 2.75) is 12.8 Å². The number of fused-ring (bicyclic) bond motifs is 1. The summed E-state index contributed by atoms with van der Waals surface area (Å²) in [6.07, 6.45) is 1.48.